The van der Waals surface area contributed by atoms with Crippen LogP contribution in [0.25, 0.3) is 0 Å². The van der Waals surface area contributed by atoms with E-state index < -0.39 is 0 Å². The maximum atomic E-state index is 9.09. The van der Waals surface area contributed by atoms with Gasteiger partial charge in [0.25, 0.3) is 0 Å². The summed E-state index contributed by atoms with van der Waals surface area (Å²) in [4.78, 5) is 0. The van der Waals surface area contributed by atoms with Crippen LogP contribution in [0.5, 0.6) is 11.5 Å². The number of aliphatic hydroxyl groups excluding tert-OH is 1. The van der Waals surface area contributed by atoms with Gasteiger partial charge in [-0.3, -0.25) is 0 Å². The summed E-state index contributed by atoms with van der Waals surface area (Å²) in [5.41, 5.74) is 0.926. The quantitative estimate of drug-likeness (QED) is 0.761. The van der Waals surface area contributed by atoms with Gasteiger partial charge in [0, 0.05) is 18.3 Å². The fourth-order valence-corrected chi connectivity index (χ4v) is 1.27. The van der Waals surface area contributed by atoms with Crippen molar-refractivity contribution in [2.45, 2.75) is 13.0 Å². The lowest BCUT2D eigenvalue weighted by Crippen LogP contribution is -2.15. The zero-order valence-electron chi connectivity index (χ0n) is 7.99. The molecular weight excluding hydrogens is 182 g/mol. The van der Waals surface area contributed by atoms with Crippen LogP contribution in [0, 0.1) is 0 Å². The molecule has 0 bridgehead atoms. The van der Waals surface area contributed by atoms with Crippen LogP contribution < -0.4 is 14.8 Å². The number of fused-ring (bicyclic) bond motifs is 1. The van der Waals surface area contributed by atoms with Crippen molar-refractivity contribution >= 4 is 5.69 Å². The molecule has 1 aromatic carbocycles. The van der Waals surface area contributed by atoms with Crippen LogP contribution >= 0.6 is 0 Å². The van der Waals surface area contributed by atoms with Gasteiger partial charge in [0.15, 0.2) is 11.5 Å². The van der Waals surface area contributed by atoms with Crippen LogP contribution in [-0.4, -0.2) is 24.5 Å². The Balaban J connectivity index is 2.05. The SMILES string of the molecule is C[C@@H](O)CNc1ccc2c(c1)OCO2. The molecule has 0 unspecified atom stereocenters. The molecule has 1 heterocycles. The molecule has 1 atom stereocenters. The number of anilines is 1. The van der Waals surface area contributed by atoms with Crippen LogP contribution in [0.15, 0.2) is 18.2 Å². The van der Waals surface area contributed by atoms with Gasteiger partial charge in [0.2, 0.25) is 6.79 Å². The van der Waals surface area contributed by atoms with Crippen LogP contribution in [-0.2, 0) is 0 Å². The molecule has 0 saturated heterocycles. The summed E-state index contributed by atoms with van der Waals surface area (Å²) < 4.78 is 10.4. The molecule has 1 aromatic rings. The van der Waals surface area contributed by atoms with Gasteiger partial charge in [-0.2, -0.15) is 0 Å². The topological polar surface area (TPSA) is 50.7 Å². The van der Waals surface area contributed by atoms with Gasteiger partial charge in [0.1, 0.15) is 0 Å². The Morgan fingerprint density at radius 2 is 2.21 bits per heavy atom. The second-order valence-electron chi connectivity index (χ2n) is 3.30. The molecule has 0 saturated carbocycles. The summed E-state index contributed by atoms with van der Waals surface area (Å²) >= 11 is 0. The lowest BCUT2D eigenvalue weighted by Gasteiger charge is -2.08. The molecule has 0 aromatic heterocycles. The molecule has 0 spiro atoms. The molecular formula is C10H13NO3. The first-order chi connectivity index (χ1) is 6.75. The fraction of sp³-hybridized carbons (Fsp3) is 0.400. The summed E-state index contributed by atoms with van der Waals surface area (Å²) in [6.45, 7) is 2.55. The summed E-state index contributed by atoms with van der Waals surface area (Å²) in [6, 6.07) is 5.62. The predicted molar refractivity (Wildman–Crippen MR) is 52.7 cm³/mol. The highest BCUT2D eigenvalue weighted by Gasteiger charge is 2.12. The zero-order chi connectivity index (χ0) is 9.97. The molecule has 4 nitrogen and oxygen atoms in total. The van der Waals surface area contributed by atoms with Crippen LogP contribution in [0.1, 0.15) is 6.92 Å². The van der Waals surface area contributed by atoms with Gasteiger partial charge in [-0.05, 0) is 19.1 Å². The first-order valence-electron chi connectivity index (χ1n) is 4.57. The van der Waals surface area contributed by atoms with Crippen molar-refractivity contribution in [3.63, 3.8) is 0 Å². The maximum absolute atomic E-state index is 9.09. The maximum Gasteiger partial charge on any atom is 0.231 e. The van der Waals surface area contributed by atoms with E-state index in [1.807, 2.05) is 18.2 Å². The number of nitrogens with one attached hydrogen (secondary N) is 1. The van der Waals surface area contributed by atoms with Gasteiger partial charge in [-0.15, -0.1) is 0 Å². The monoisotopic (exact) mass is 195 g/mol. The van der Waals surface area contributed by atoms with E-state index in [4.69, 9.17) is 14.6 Å². The number of aliphatic hydroxyl groups is 1. The zero-order valence-corrected chi connectivity index (χ0v) is 7.99. The first-order valence-corrected chi connectivity index (χ1v) is 4.57. The van der Waals surface area contributed by atoms with Crippen LogP contribution in [0.3, 0.4) is 0 Å². The molecule has 0 radical (unpaired) electrons. The largest absolute Gasteiger partial charge is 0.454 e. The number of ether oxygens (including phenoxy) is 2. The molecule has 2 N–H and O–H groups in total. The van der Waals surface area contributed by atoms with E-state index in [2.05, 4.69) is 5.32 Å². The normalized spacial score (nSPS) is 15.3. The third-order valence-corrected chi connectivity index (χ3v) is 1.97. The van der Waals surface area contributed by atoms with E-state index in [0.29, 0.717) is 6.54 Å². The van der Waals surface area contributed by atoms with Crippen molar-refractivity contribution in [2.75, 3.05) is 18.7 Å². The minimum Gasteiger partial charge on any atom is -0.454 e. The molecule has 0 fully saturated rings. The van der Waals surface area contributed by atoms with Crippen molar-refractivity contribution < 1.29 is 14.6 Å². The van der Waals surface area contributed by atoms with Crippen molar-refractivity contribution in [2.24, 2.45) is 0 Å². The van der Waals surface area contributed by atoms with Crippen LogP contribution in [0.4, 0.5) is 5.69 Å². The Kier molecular flexibility index (Phi) is 2.45. The number of hydrogen-bond donors (Lipinski definition) is 2. The van der Waals surface area contributed by atoms with E-state index in [-0.39, 0.29) is 12.9 Å². The Morgan fingerprint density at radius 1 is 1.43 bits per heavy atom. The number of hydrogen-bond acceptors (Lipinski definition) is 4. The van der Waals surface area contributed by atoms with E-state index in [1.165, 1.54) is 0 Å². The Labute approximate surface area is 82.5 Å². The average Bonchev–Trinajstić information content (AvgIpc) is 2.61. The fourth-order valence-electron chi connectivity index (χ4n) is 1.27. The highest BCUT2D eigenvalue weighted by molar-refractivity contribution is 5.55. The van der Waals surface area contributed by atoms with Crippen molar-refractivity contribution in [3.8, 4) is 11.5 Å². The molecule has 2 rings (SSSR count). The number of benzene rings is 1. The van der Waals surface area contributed by atoms with Gasteiger partial charge in [-0.1, -0.05) is 0 Å². The smallest absolute Gasteiger partial charge is 0.231 e. The molecule has 1 aliphatic rings. The second-order valence-corrected chi connectivity index (χ2v) is 3.30. The Bertz CT molecular complexity index is 325. The lowest BCUT2D eigenvalue weighted by atomic mass is 10.2. The highest BCUT2D eigenvalue weighted by Crippen LogP contribution is 2.34. The molecule has 0 amide bonds. The van der Waals surface area contributed by atoms with Crippen LogP contribution in [0.2, 0.25) is 0 Å². The molecule has 4 heteroatoms. The van der Waals surface area contributed by atoms with Gasteiger partial charge < -0.3 is 19.9 Å². The molecule has 76 valence electrons. The highest BCUT2D eigenvalue weighted by atomic mass is 16.7. The molecule has 14 heavy (non-hydrogen) atoms. The van der Waals surface area contributed by atoms with E-state index in [0.717, 1.165) is 17.2 Å². The predicted octanol–water partition coefficient (Wildman–Crippen LogP) is 1.21. The molecule has 1 aliphatic heterocycles. The van der Waals surface area contributed by atoms with E-state index in [1.54, 1.807) is 6.92 Å². The summed E-state index contributed by atoms with van der Waals surface area (Å²) in [5, 5.41) is 12.2. The van der Waals surface area contributed by atoms with Gasteiger partial charge in [0.05, 0.1) is 6.10 Å². The van der Waals surface area contributed by atoms with E-state index >= 15 is 0 Å². The first kappa shape index (κ1) is 9.15. The minimum absolute atomic E-state index is 0.287. The minimum atomic E-state index is -0.361. The average molecular weight is 195 g/mol. The Hall–Kier alpha value is -1.42. The third kappa shape index (κ3) is 1.90. The lowest BCUT2D eigenvalue weighted by molar-refractivity contribution is 0.174. The van der Waals surface area contributed by atoms with Crippen molar-refractivity contribution in [3.05, 3.63) is 18.2 Å². The third-order valence-electron chi connectivity index (χ3n) is 1.97. The summed E-state index contributed by atoms with van der Waals surface area (Å²) in [7, 11) is 0. The van der Waals surface area contributed by atoms with Gasteiger partial charge in [-0.25, -0.2) is 0 Å². The summed E-state index contributed by atoms with van der Waals surface area (Å²) in [5.74, 6) is 1.52. The molecule has 0 aliphatic carbocycles. The summed E-state index contributed by atoms with van der Waals surface area (Å²) in [6.07, 6.45) is -0.361. The van der Waals surface area contributed by atoms with Gasteiger partial charge >= 0.3 is 0 Å². The Morgan fingerprint density at radius 3 is 3.00 bits per heavy atom. The second kappa shape index (κ2) is 3.75. The van der Waals surface area contributed by atoms with Crippen molar-refractivity contribution in [1.29, 1.82) is 0 Å². The number of rotatable bonds is 3. The standard InChI is InChI=1S/C10H13NO3/c1-7(12)5-11-8-2-3-9-10(4-8)14-6-13-9/h2-4,7,11-12H,5-6H2,1H3/t7-/m1/s1. The van der Waals surface area contributed by atoms with Crippen molar-refractivity contribution in [1.82, 2.24) is 0 Å². The van der Waals surface area contributed by atoms with E-state index in [9.17, 15) is 0 Å².